The third kappa shape index (κ3) is 3.72. The molecule has 0 aliphatic rings. The summed E-state index contributed by atoms with van der Waals surface area (Å²) in [6.07, 6.45) is -0.273. The van der Waals surface area contributed by atoms with Gasteiger partial charge in [-0.3, -0.25) is 0 Å². The van der Waals surface area contributed by atoms with E-state index in [0.717, 1.165) is 12.3 Å². The highest BCUT2D eigenvalue weighted by Gasteiger charge is 2.49. The van der Waals surface area contributed by atoms with Crippen molar-refractivity contribution in [3.63, 3.8) is 0 Å². The highest BCUT2D eigenvalue weighted by atomic mass is 19.4. The molecule has 0 spiro atoms. The van der Waals surface area contributed by atoms with Crippen molar-refractivity contribution in [1.82, 2.24) is 29.9 Å². The zero-order valence-corrected chi connectivity index (χ0v) is 16.5. The molecule has 0 aliphatic heterocycles. The molecule has 4 rings (SSSR count). The van der Waals surface area contributed by atoms with Gasteiger partial charge in [0.25, 0.3) is 0 Å². The number of anilines is 3. The molecule has 0 unspecified atom stereocenters. The Morgan fingerprint density at radius 2 is 1.81 bits per heavy atom. The minimum absolute atomic E-state index is 0.127. The molecule has 4 aromatic rings. The Balaban J connectivity index is 1.70. The monoisotopic (exact) mass is 429 g/mol. The van der Waals surface area contributed by atoms with Crippen molar-refractivity contribution in [3.8, 4) is 11.4 Å². The fourth-order valence-electron chi connectivity index (χ4n) is 3.01. The number of aryl methyl sites for hydroxylation is 1. The van der Waals surface area contributed by atoms with E-state index in [1.807, 2.05) is 0 Å². The maximum atomic E-state index is 13.3. The summed E-state index contributed by atoms with van der Waals surface area (Å²) in [6.45, 7) is 0.908. The van der Waals surface area contributed by atoms with Crippen molar-refractivity contribution in [3.05, 3.63) is 48.4 Å². The van der Waals surface area contributed by atoms with E-state index in [-0.39, 0.29) is 17.2 Å². The molecule has 1 atom stereocenters. The van der Waals surface area contributed by atoms with Crippen LogP contribution in [-0.4, -0.2) is 36.1 Å². The number of nitrogens with zero attached hydrogens (tertiary/aromatic N) is 6. The zero-order chi connectivity index (χ0) is 22.4. The molecular weight excluding hydrogens is 411 g/mol. The summed E-state index contributed by atoms with van der Waals surface area (Å²) in [5, 5.41) is 12.0. The van der Waals surface area contributed by atoms with E-state index in [2.05, 4.69) is 30.6 Å². The van der Waals surface area contributed by atoms with Crippen LogP contribution in [0.2, 0.25) is 0 Å². The number of aromatic nitrogens is 6. The van der Waals surface area contributed by atoms with Crippen LogP contribution in [0.3, 0.4) is 0 Å². The summed E-state index contributed by atoms with van der Waals surface area (Å²) >= 11 is 0. The van der Waals surface area contributed by atoms with Gasteiger partial charge in [0.2, 0.25) is 0 Å². The predicted molar refractivity (Wildman–Crippen MR) is 109 cm³/mol. The Morgan fingerprint density at radius 3 is 2.48 bits per heavy atom. The first kappa shape index (κ1) is 20.5. The summed E-state index contributed by atoms with van der Waals surface area (Å²) < 4.78 is 41.4. The maximum Gasteiger partial charge on any atom is 0.410 e. The Bertz CT molecular complexity index is 1260. The lowest BCUT2D eigenvalue weighted by Gasteiger charge is -2.28. The molecule has 4 aromatic heterocycles. The molecule has 4 heterocycles. The van der Waals surface area contributed by atoms with Gasteiger partial charge in [0.15, 0.2) is 0 Å². The molecule has 5 N–H and O–H groups in total. The second-order valence-corrected chi connectivity index (χ2v) is 7.18. The number of nitrogens with one attached hydrogen (secondary N) is 1. The van der Waals surface area contributed by atoms with Crippen molar-refractivity contribution in [2.75, 3.05) is 11.1 Å². The third-order valence-corrected chi connectivity index (χ3v) is 4.93. The number of rotatable bonds is 4. The lowest BCUT2D eigenvalue weighted by molar-refractivity contribution is -0.184. The highest BCUT2D eigenvalue weighted by Crippen LogP contribution is 2.37. The average Bonchev–Trinajstić information content (AvgIpc) is 3.13. The molecular formula is C19H18F3N9. The van der Waals surface area contributed by atoms with Gasteiger partial charge in [0.05, 0.1) is 11.9 Å². The van der Waals surface area contributed by atoms with Crippen molar-refractivity contribution in [1.29, 1.82) is 0 Å². The van der Waals surface area contributed by atoms with Crippen LogP contribution in [0.4, 0.5) is 30.6 Å². The second-order valence-electron chi connectivity index (χ2n) is 7.18. The molecule has 160 valence electrons. The van der Waals surface area contributed by atoms with Crippen LogP contribution >= 0.6 is 0 Å². The van der Waals surface area contributed by atoms with E-state index >= 15 is 0 Å². The molecule has 0 aliphatic carbocycles. The molecule has 12 heteroatoms. The van der Waals surface area contributed by atoms with Crippen LogP contribution in [0.25, 0.3) is 22.2 Å². The van der Waals surface area contributed by atoms with Gasteiger partial charge in [-0.25, -0.2) is 19.6 Å². The number of hydrogen-bond acceptors (Lipinski definition) is 8. The predicted octanol–water partition coefficient (Wildman–Crippen LogP) is 2.88. The van der Waals surface area contributed by atoms with E-state index in [1.165, 1.54) is 24.5 Å². The van der Waals surface area contributed by atoms with Gasteiger partial charge in [-0.1, -0.05) is 5.21 Å². The van der Waals surface area contributed by atoms with Crippen LogP contribution in [0.15, 0.2) is 42.9 Å². The Kier molecular flexibility index (Phi) is 4.73. The average molecular weight is 429 g/mol. The van der Waals surface area contributed by atoms with Crippen LogP contribution in [-0.2, 0) is 12.6 Å². The van der Waals surface area contributed by atoms with Gasteiger partial charge in [-0.05, 0) is 42.1 Å². The fraction of sp³-hybridized carbons (Fsp3) is 0.211. The van der Waals surface area contributed by atoms with Gasteiger partial charge in [-0.2, -0.15) is 13.2 Å². The SMILES string of the molecule is Cn1nncc1-c1cc2cc(Nc3cc([C@@](C)(N)C(F)(F)F)ccn3)ncc2c(N)n1. The van der Waals surface area contributed by atoms with Crippen LogP contribution < -0.4 is 16.8 Å². The van der Waals surface area contributed by atoms with Crippen molar-refractivity contribution in [2.45, 2.75) is 18.6 Å². The minimum atomic E-state index is -4.62. The molecule has 9 nitrogen and oxygen atoms in total. The van der Waals surface area contributed by atoms with Crippen LogP contribution in [0.1, 0.15) is 12.5 Å². The quantitative estimate of drug-likeness (QED) is 0.451. The van der Waals surface area contributed by atoms with Gasteiger partial charge in [0, 0.05) is 24.8 Å². The summed E-state index contributed by atoms with van der Waals surface area (Å²) in [7, 11) is 1.73. The Labute approximate surface area is 174 Å². The van der Waals surface area contributed by atoms with Crippen molar-refractivity contribution < 1.29 is 13.2 Å². The minimum Gasteiger partial charge on any atom is -0.383 e. The first-order valence-electron chi connectivity index (χ1n) is 9.07. The summed E-state index contributed by atoms with van der Waals surface area (Å²) in [5.74, 6) is 0.808. The van der Waals surface area contributed by atoms with Crippen molar-refractivity contribution >= 4 is 28.2 Å². The largest absolute Gasteiger partial charge is 0.410 e. The fourth-order valence-corrected chi connectivity index (χ4v) is 3.01. The molecule has 0 aromatic carbocycles. The lowest BCUT2D eigenvalue weighted by Crippen LogP contribution is -2.47. The first-order valence-corrected chi connectivity index (χ1v) is 9.07. The Hall–Kier alpha value is -3.80. The number of fused-ring (bicyclic) bond motifs is 1. The van der Waals surface area contributed by atoms with Crippen molar-refractivity contribution in [2.24, 2.45) is 12.8 Å². The molecule has 0 saturated carbocycles. The number of halogens is 3. The van der Waals surface area contributed by atoms with E-state index < -0.39 is 11.7 Å². The maximum absolute atomic E-state index is 13.3. The Morgan fingerprint density at radius 1 is 1.06 bits per heavy atom. The van der Waals surface area contributed by atoms with E-state index in [9.17, 15) is 13.2 Å². The van der Waals surface area contributed by atoms with Gasteiger partial charge >= 0.3 is 6.18 Å². The lowest BCUT2D eigenvalue weighted by atomic mass is 9.93. The van der Waals surface area contributed by atoms with Gasteiger partial charge in [-0.15, -0.1) is 5.10 Å². The van der Waals surface area contributed by atoms with Gasteiger partial charge < -0.3 is 16.8 Å². The molecule has 0 saturated heterocycles. The number of hydrogen-bond donors (Lipinski definition) is 3. The standard InChI is InChI=1S/C19H18F3N9/c1-18(24,19(20,21)22)11-3-4-25-16(7-11)29-15-6-10-5-13(14-9-27-30-31(14)2)28-17(23)12(10)8-26-15/h3-9H,24H2,1-2H3,(H2,23,28)(H,25,26,29)/t18-/m1/s1. The van der Waals surface area contributed by atoms with E-state index in [4.69, 9.17) is 11.5 Å². The number of nitrogen functional groups attached to an aromatic ring is 1. The normalized spacial score (nSPS) is 13.9. The van der Waals surface area contributed by atoms with Crippen LogP contribution in [0.5, 0.6) is 0 Å². The van der Waals surface area contributed by atoms with Crippen LogP contribution in [0, 0.1) is 0 Å². The molecule has 0 fully saturated rings. The number of pyridine rings is 3. The molecule has 0 bridgehead atoms. The topological polar surface area (TPSA) is 133 Å². The highest BCUT2D eigenvalue weighted by molar-refractivity contribution is 5.94. The summed E-state index contributed by atoms with van der Waals surface area (Å²) in [5.41, 5.74) is 10.2. The summed E-state index contributed by atoms with van der Waals surface area (Å²) in [4.78, 5) is 12.7. The first-order chi connectivity index (χ1) is 14.6. The third-order valence-electron chi connectivity index (χ3n) is 4.93. The smallest absolute Gasteiger partial charge is 0.383 e. The van der Waals surface area contributed by atoms with Gasteiger partial charge in [0.1, 0.15) is 28.7 Å². The van der Waals surface area contributed by atoms with E-state index in [0.29, 0.717) is 22.6 Å². The van der Waals surface area contributed by atoms with E-state index in [1.54, 1.807) is 30.1 Å². The summed E-state index contributed by atoms with van der Waals surface area (Å²) in [6, 6.07) is 5.96. The number of alkyl halides is 3. The second kappa shape index (κ2) is 7.16. The number of nitrogens with two attached hydrogens (primary N) is 2. The molecule has 0 amide bonds. The molecule has 31 heavy (non-hydrogen) atoms. The molecule has 0 radical (unpaired) electrons. The zero-order valence-electron chi connectivity index (χ0n) is 16.5.